The van der Waals surface area contributed by atoms with Crippen molar-refractivity contribution in [2.45, 2.75) is 44.1 Å². The highest BCUT2D eigenvalue weighted by Gasteiger charge is 2.44. The molecule has 18 heavy (non-hydrogen) atoms. The van der Waals surface area contributed by atoms with Crippen LogP contribution in [0.3, 0.4) is 0 Å². The maximum absolute atomic E-state index is 11.2. The summed E-state index contributed by atoms with van der Waals surface area (Å²) in [5, 5.41) is 0. The Kier molecular flexibility index (Phi) is 3.72. The molecule has 1 atom stereocenters. The molecule has 0 aliphatic heterocycles. The standard InChI is InChI=1S/C16H18O2/c1-3-15(18-13(2)17)16(11-7-8-12-16)14-9-5-4-6-10-14/h1,4-6,9-10,15H,7-8,11-12H2,2H3. The minimum Gasteiger partial charge on any atom is -0.448 e. The molecule has 1 fully saturated rings. The molecule has 0 aromatic heterocycles. The minimum atomic E-state index is -0.458. The molecule has 0 N–H and O–H groups in total. The van der Waals surface area contributed by atoms with Crippen LogP contribution < -0.4 is 0 Å². The number of hydrogen-bond donors (Lipinski definition) is 0. The van der Waals surface area contributed by atoms with Gasteiger partial charge in [-0.25, -0.2) is 0 Å². The van der Waals surface area contributed by atoms with E-state index in [4.69, 9.17) is 11.2 Å². The third kappa shape index (κ3) is 2.26. The SMILES string of the molecule is C#CC(OC(C)=O)C1(c2ccccc2)CCCC1. The van der Waals surface area contributed by atoms with E-state index in [1.165, 1.54) is 12.5 Å². The first-order chi connectivity index (χ1) is 8.69. The molecule has 1 unspecified atom stereocenters. The molecule has 0 amide bonds. The van der Waals surface area contributed by atoms with Gasteiger partial charge in [0.25, 0.3) is 0 Å². The molecule has 0 radical (unpaired) electrons. The van der Waals surface area contributed by atoms with Gasteiger partial charge in [-0.05, 0) is 18.4 Å². The molecular weight excluding hydrogens is 224 g/mol. The number of esters is 1. The first kappa shape index (κ1) is 12.7. The third-order valence-electron chi connectivity index (χ3n) is 3.78. The van der Waals surface area contributed by atoms with Crippen molar-refractivity contribution in [2.75, 3.05) is 0 Å². The summed E-state index contributed by atoms with van der Waals surface area (Å²) in [6.45, 7) is 1.41. The van der Waals surface area contributed by atoms with Crippen LogP contribution >= 0.6 is 0 Å². The molecule has 0 bridgehead atoms. The Bertz CT molecular complexity index is 450. The zero-order valence-electron chi connectivity index (χ0n) is 10.7. The quantitative estimate of drug-likeness (QED) is 0.601. The van der Waals surface area contributed by atoms with E-state index in [9.17, 15) is 4.79 Å². The van der Waals surface area contributed by atoms with Crippen LogP contribution in [0.4, 0.5) is 0 Å². The van der Waals surface area contributed by atoms with Gasteiger partial charge in [-0.2, -0.15) is 0 Å². The summed E-state index contributed by atoms with van der Waals surface area (Å²) in [5.41, 5.74) is 0.994. The second-order valence-electron chi connectivity index (χ2n) is 4.89. The van der Waals surface area contributed by atoms with E-state index in [2.05, 4.69) is 18.1 Å². The van der Waals surface area contributed by atoms with Crippen molar-refractivity contribution < 1.29 is 9.53 Å². The predicted molar refractivity (Wildman–Crippen MR) is 71.0 cm³/mol. The number of ether oxygens (including phenoxy) is 1. The highest BCUT2D eigenvalue weighted by atomic mass is 16.5. The van der Waals surface area contributed by atoms with Crippen molar-refractivity contribution in [1.29, 1.82) is 0 Å². The van der Waals surface area contributed by atoms with Crippen LogP contribution in [0, 0.1) is 12.3 Å². The van der Waals surface area contributed by atoms with Crippen molar-refractivity contribution in [3.63, 3.8) is 0 Å². The maximum Gasteiger partial charge on any atom is 0.303 e. The zero-order chi connectivity index (χ0) is 13.0. The molecule has 0 saturated heterocycles. The highest BCUT2D eigenvalue weighted by Crippen LogP contribution is 2.44. The molecule has 0 heterocycles. The summed E-state index contributed by atoms with van der Waals surface area (Å²) in [5.74, 6) is 2.37. The van der Waals surface area contributed by atoms with Crippen LogP contribution in [0.5, 0.6) is 0 Å². The zero-order valence-corrected chi connectivity index (χ0v) is 10.7. The van der Waals surface area contributed by atoms with E-state index in [-0.39, 0.29) is 11.4 Å². The Labute approximate surface area is 108 Å². The lowest BCUT2D eigenvalue weighted by atomic mass is 9.74. The average Bonchev–Trinajstić information content (AvgIpc) is 2.87. The van der Waals surface area contributed by atoms with Gasteiger partial charge in [-0.1, -0.05) is 49.1 Å². The van der Waals surface area contributed by atoms with Crippen molar-refractivity contribution >= 4 is 5.97 Å². The van der Waals surface area contributed by atoms with Crippen LogP contribution in [0.25, 0.3) is 0 Å². The summed E-state index contributed by atoms with van der Waals surface area (Å²) in [6, 6.07) is 10.2. The van der Waals surface area contributed by atoms with E-state index in [1.54, 1.807) is 0 Å². The first-order valence-corrected chi connectivity index (χ1v) is 6.38. The van der Waals surface area contributed by atoms with E-state index < -0.39 is 6.10 Å². The third-order valence-corrected chi connectivity index (χ3v) is 3.78. The van der Waals surface area contributed by atoms with Gasteiger partial charge < -0.3 is 4.74 Å². The number of terminal acetylenes is 1. The molecule has 1 aromatic rings. The molecule has 0 spiro atoms. The smallest absolute Gasteiger partial charge is 0.303 e. The topological polar surface area (TPSA) is 26.3 Å². The van der Waals surface area contributed by atoms with Crippen LogP contribution in [0.15, 0.2) is 30.3 Å². The Morgan fingerprint density at radius 1 is 1.33 bits per heavy atom. The Morgan fingerprint density at radius 2 is 1.94 bits per heavy atom. The molecular formula is C16H18O2. The van der Waals surface area contributed by atoms with Crippen molar-refractivity contribution in [2.24, 2.45) is 0 Å². The molecule has 2 heteroatoms. The Morgan fingerprint density at radius 3 is 2.44 bits per heavy atom. The second-order valence-corrected chi connectivity index (χ2v) is 4.89. The number of benzene rings is 1. The highest BCUT2D eigenvalue weighted by molar-refractivity contribution is 5.66. The Hall–Kier alpha value is -1.75. The van der Waals surface area contributed by atoms with Crippen LogP contribution in [0.1, 0.15) is 38.2 Å². The van der Waals surface area contributed by atoms with Gasteiger partial charge in [-0.15, -0.1) is 6.42 Å². The monoisotopic (exact) mass is 242 g/mol. The molecule has 1 aromatic carbocycles. The summed E-state index contributed by atoms with van der Waals surface area (Å²) in [6.07, 6.45) is 9.37. The fourth-order valence-electron chi connectivity index (χ4n) is 2.95. The predicted octanol–water partition coefficient (Wildman–Crippen LogP) is 3.06. The molecule has 1 saturated carbocycles. The largest absolute Gasteiger partial charge is 0.448 e. The average molecular weight is 242 g/mol. The number of carbonyl (C=O) groups is 1. The Balaban J connectivity index is 2.38. The fourth-order valence-corrected chi connectivity index (χ4v) is 2.95. The first-order valence-electron chi connectivity index (χ1n) is 6.38. The number of hydrogen-bond acceptors (Lipinski definition) is 2. The molecule has 1 aliphatic carbocycles. The fraction of sp³-hybridized carbons (Fsp3) is 0.438. The molecule has 2 nitrogen and oxygen atoms in total. The van der Waals surface area contributed by atoms with Crippen LogP contribution in [0.2, 0.25) is 0 Å². The summed E-state index contributed by atoms with van der Waals surface area (Å²) < 4.78 is 5.37. The molecule has 2 rings (SSSR count). The lowest BCUT2D eigenvalue weighted by Crippen LogP contribution is -2.39. The summed E-state index contributed by atoms with van der Waals surface area (Å²) >= 11 is 0. The van der Waals surface area contributed by atoms with E-state index in [0.29, 0.717) is 0 Å². The van der Waals surface area contributed by atoms with Crippen molar-refractivity contribution in [3.05, 3.63) is 35.9 Å². The van der Waals surface area contributed by atoms with E-state index >= 15 is 0 Å². The lowest BCUT2D eigenvalue weighted by molar-refractivity contribution is -0.146. The van der Waals surface area contributed by atoms with Crippen molar-refractivity contribution in [1.82, 2.24) is 0 Å². The van der Waals surface area contributed by atoms with Gasteiger partial charge in [0, 0.05) is 12.3 Å². The van der Waals surface area contributed by atoms with Gasteiger partial charge in [-0.3, -0.25) is 4.79 Å². The maximum atomic E-state index is 11.2. The summed E-state index contributed by atoms with van der Waals surface area (Å²) in [4.78, 5) is 11.2. The number of rotatable bonds is 3. The molecule has 1 aliphatic rings. The van der Waals surface area contributed by atoms with Gasteiger partial charge >= 0.3 is 5.97 Å². The van der Waals surface area contributed by atoms with Gasteiger partial charge in [0.15, 0.2) is 6.10 Å². The van der Waals surface area contributed by atoms with Crippen LogP contribution in [-0.2, 0) is 14.9 Å². The number of carbonyl (C=O) groups excluding carboxylic acids is 1. The van der Waals surface area contributed by atoms with Crippen LogP contribution in [-0.4, -0.2) is 12.1 Å². The molecule has 94 valence electrons. The summed E-state index contributed by atoms with van der Waals surface area (Å²) in [7, 11) is 0. The van der Waals surface area contributed by atoms with Gasteiger partial charge in [0.2, 0.25) is 0 Å². The van der Waals surface area contributed by atoms with Gasteiger partial charge in [0.1, 0.15) is 0 Å². The second kappa shape index (κ2) is 5.27. The lowest BCUT2D eigenvalue weighted by Gasteiger charge is -2.34. The van der Waals surface area contributed by atoms with Crippen molar-refractivity contribution in [3.8, 4) is 12.3 Å². The van der Waals surface area contributed by atoms with Gasteiger partial charge in [0.05, 0.1) is 0 Å². The van der Waals surface area contributed by atoms with E-state index in [1.807, 2.05) is 18.2 Å². The normalized spacial score (nSPS) is 18.9. The van der Waals surface area contributed by atoms with E-state index in [0.717, 1.165) is 25.7 Å². The minimum absolute atomic E-state index is 0.193.